The van der Waals surface area contributed by atoms with Gasteiger partial charge in [0.05, 0.1) is 18.8 Å². The van der Waals surface area contributed by atoms with Gasteiger partial charge in [0.1, 0.15) is 5.82 Å². The second kappa shape index (κ2) is 4.29. The molecule has 1 aromatic heterocycles. The second-order valence-corrected chi connectivity index (χ2v) is 7.46. The Morgan fingerprint density at radius 1 is 1.47 bits per heavy atom. The number of hydrogen-bond acceptors (Lipinski definition) is 4. The van der Waals surface area contributed by atoms with Crippen LogP contribution in [-0.4, -0.2) is 47.6 Å². The fourth-order valence-corrected chi connectivity index (χ4v) is 4.53. The number of morpholine rings is 1. The number of fused-ring (bicyclic) bond motifs is 2. The minimum absolute atomic E-state index is 0.0143. The van der Waals surface area contributed by atoms with Crippen molar-refractivity contribution in [1.29, 1.82) is 0 Å². The van der Waals surface area contributed by atoms with Gasteiger partial charge in [0.2, 0.25) is 0 Å². The summed E-state index contributed by atoms with van der Waals surface area (Å²) < 4.78 is 34.0. The van der Waals surface area contributed by atoms with Crippen LogP contribution in [0.2, 0.25) is 0 Å². The molecular formula is C12H19N3O3S. The van der Waals surface area contributed by atoms with Crippen molar-refractivity contribution in [3.63, 3.8) is 0 Å². The van der Waals surface area contributed by atoms with Crippen molar-refractivity contribution < 1.29 is 13.2 Å². The zero-order chi connectivity index (χ0) is 13.8. The molecule has 0 aliphatic carbocycles. The van der Waals surface area contributed by atoms with Crippen molar-refractivity contribution in [2.75, 3.05) is 13.2 Å². The Balaban J connectivity index is 1.94. The number of ether oxygens (including phenoxy) is 1. The van der Waals surface area contributed by atoms with Gasteiger partial charge in [-0.3, -0.25) is 0 Å². The molecular weight excluding hydrogens is 266 g/mol. The van der Waals surface area contributed by atoms with Gasteiger partial charge in [-0.05, 0) is 6.42 Å². The average Bonchev–Trinajstić information content (AvgIpc) is 3.01. The standard InChI is InChI=1S/C12H19N3O3S/c1-8(2)12-13-11(6-14(12)3)19(16,17)15-5-10-4-9(15)7-18-10/h6,8-10H,4-5,7H2,1-3H3/t9-,10+/m0/s1. The highest BCUT2D eigenvalue weighted by Crippen LogP contribution is 2.32. The van der Waals surface area contributed by atoms with Crippen LogP contribution >= 0.6 is 0 Å². The minimum atomic E-state index is -3.48. The van der Waals surface area contributed by atoms with Gasteiger partial charge in [-0.25, -0.2) is 13.4 Å². The largest absolute Gasteiger partial charge is 0.375 e. The molecule has 19 heavy (non-hydrogen) atoms. The molecule has 0 unspecified atom stereocenters. The molecule has 0 N–H and O–H groups in total. The lowest BCUT2D eigenvalue weighted by Crippen LogP contribution is -2.41. The molecule has 2 fully saturated rings. The number of hydrogen-bond donors (Lipinski definition) is 0. The van der Waals surface area contributed by atoms with Gasteiger partial charge >= 0.3 is 0 Å². The predicted octanol–water partition coefficient (Wildman–Crippen LogP) is 0.705. The lowest BCUT2D eigenvalue weighted by atomic mass is 10.2. The normalized spacial score (nSPS) is 27.6. The van der Waals surface area contributed by atoms with Crippen LogP contribution in [0.15, 0.2) is 11.2 Å². The zero-order valence-corrected chi connectivity index (χ0v) is 12.2. The van der Waals surface area contributed by atoms with Gasteiger partial charge in [0.25, 0.3) is 10.0 Å². The third-order valence-electron chi connectivity index (χ3n) is 3.83. The maximum atomic E-state index is 12.6. The topological polar surface area (TPSA) is 64.4 Å². The van der Waals surface area contributed by atoms with Crippen LogP contribution < -0.4 is 0 Å². The number of sulfonamides is 1. The van der Waals surface area contributed by atoms with Crippen LogP contribution in [0, 0.1) is 0 Å². The summed E-state index contributed by atoms with van der Waals surface area (Å²) in [6, 6.07) is -0.0143. The highest BCUT2D eigenvalue weighted by Gasteiger charge is 2.46. The summed E-state index contributed by atoms with van der Waals surface area (Å²) in [7, 11) is -1.65. The maximum absolute atomic E-state index is 12.6. The quantitative estimate of drug-likeness (QED) is 0.820. The van der Waals surface area contributed by atoms with E-state index in [4.69, 9.17) is 4.74 Å². The third kappa shape index (κ3) is 2.00. The van der Waals surface area contributed by atoms with E-state index in [2.05, 4.69) is 4.98 Å². The molecule has 2 aliphatic rings. The molecule has 3 heterocycles. The summed E-state index contributed by atoms with van der Waals surface area (Å²) in [4.78, 5) is 4.30. The summed E-state index contributed by atoms with van der Waals surface area (Å²) in [6.45, 7) is 4.98. The van der Waals surface area contributed by atoms with Gasteiger partial charge in [-0.1, -0.05) is 13.8 Å². The first kappa shape index (κ1) is 13.1. The molecule has 1 aromatic rings. The first-order chi connectivity index (χ1) is 8.89. The maximum Gasteiger partial charge on any atom is 0.262 e. The van der Waals surface area contributed by atoms with E-state index < -0.39 is 10.0 Å². The number of aryl methyl sites for hydroxylation is 1. The molecule has 2 aliphatic heterocycles. The van der Waals surface area contributed by atoms with Crippen LogP contribution in [0.4, 0.5) is 0 Å². The summed E-state index contributed by atoms with van der Waals surface area (Å²) in [5, 5.41) is 0.159. The van der Waals surface area contributed by atoms with Crippen LogP contribution in [0.25, 0.3) is 0 Å². The highest BCUT2D eigenvalue weighted by atomic mass is 32.2. The fourth-order valence-electron chi connectivity index (χ4n) is 2.89. The molecule has 7 heteroatoms. The fraction of sp³-hybridized carbons (Fsp3) is 0.750. The molecule has 0 amide bonds. The number of aromatic nitrogens is 2. The van der Waals surface area contributed by atoms with E-state index in [-0.39, 0.29) is 23.1 Å². The SMILES string of the molecule is CC(C)c1nc(S(=O)(=O)N2C[C@H]3C[C@H]2CO3)cn1C. The van der Waals surface area contributed by atoms with E-state index in [0.717, 1.165) is 12.2 Å². The van der Waals surface area contributed by atoms with Gasteiger partial charge in [-0.15, -0.1) is 0 Å². The van der Waals surface area contributed by atoms with Gasteiger partial charge < -0.3 is 9.30 Å². The molecule has 2 atom stereocenters. The van der Waals surface area contributed by atoms with Crippen LogP contribution in [0.1, 0.15) is 32.0 Å². The van der Waals surface area contributed by atoms with E-state index >= 15 is 0 Å². The summed E-state index contributed by atoms with van der Waals surface area (Å²) in [5.74, 6) is 0.992. The van der Waals surface area contributed by atoms with Crippen molar-refractivity contribution >= 4 is 10.0 Å². The van der Waals surface area contributed by atoms with Crippen LogP contribution in [-0.2, 0) is 21.8 Å². The van der Waals surface area contributed by atoms with Gasteiger partial charge in [-0.2, -0.15) is 4.31 Å². The lowest BCUT2D eigenvalue weighted by molar-refractivity contribution is 0.0608. The van der Waals surface area contributed by atoms with Gasteiger partial charge in [0.15, 0.2) is 5.03 Å². The van der Waals surface area contributed by atoms with Crippen molar-refractivity contribution in [3.05, 3.63) is 12.0 Å². The summed E-state index contributed by atoms with van der Waals surface area (Å²) in [5.41, 5.74) is 0. The molecule has 6 nitrogen and oxygen atoms in total. The predicted molar refractivity (Wildman–Crippen MR) is 69.3 cm³/mol. The second-order valence-electron chi connectivity index (χ2n) is 5.62. The zero-order valence-electron chi connectivity index (χ0n) is 11.4. The van der Waals surface area contributed by atoms with E-state index in [0.29, 0.717) is 13.2 Å². The van der Waals surface area contributed by atoms with Crippen molar-refractivity contribution in [3.8, 4) is 0 Å². The molecule has 106 valence electrons. The smallest absolute Gasteiger partial charge is 0.262 e. The summed E-state index contributed by atoms with van der Waals surface area (Å²) in [6.07, 6.45) is 2.48. The Morgan fingerprint density at radius 3 is 2.68 bits per heavy atom. The lowest BCUT2D eigenvalue weighted by Gasteiger charge is -2.24. The van der Waals surface area contributed by atoms with E-state index in [1.54, 1.807) is 15.1 Å². The summed E-state index contributed by atoms with van der Waals surface area (Å²) >= 11 is 0. The number of rotatable bonds is 3. The monoisotopic (exact) mass is 285 g/mol. The Kier molecular flexibility index (Phi) is 2.95. The molecule has 0 saturated carbocycles. The number of nitrogens with zero attached hydrogens (tertiary/aromatic N) is 3. The van der Waals surface area contributed by atoms with E-state index in [1.165, 1.54) is 0 Å². The van der Waals surface area contributed by atoms with Crippen molar-refractivity contribution in [2.24, 2.45) is 7.05 Å². The number of imidazole rings is 1. The molecule has 0 aromatic carbocycles. The Bertz CT molecular complexity index is 593. The van der Waals surface area contributed by atoms with E-state index in [9.17, 15) is 8.42 Å². The third-order valence-corrected chi connectivity index (χ3v) is 5.62. The minimum Gasteiger partial charge on any atom is -0.375 e. The first-order valence-corrected chi connectivity index (χ1v) is 8.00. The van der Waals surface area contributed by atoms with Gasteiger partial charge in [0, 0.05) is 25.7 Å². The molecule has 2 saturated heterocycles. The van der Waals surface area contributed by atoms with Crippen molar-refractivity contribution in [1.82, 2.24) is 13.9 Å². The molecule has 0 spiro atoms. The molecule has 0 radical (unpaired) electrons. The Morgan fingerprint density at radius 2 is 2.21 bits per heavy atom. The average molecular weight is 285 g/mol. The molecule has 2 bridgehead atoms. The first-order valence-electron chi connectivity index (χ1n) is 6.56. The van der Waals surface area contributed by atoms with E-state index in [1.807, 2.05) is 20.9 Å². The molecule has 3 rings (SSSR count). The van der Waals surface area contributed by atoms with Crippen LogP contribution in [0.3, 0.4) is 0 Å². The highest BCUT2D eigenvalue weighted by molar-refractivity contribution is 7.89. The Labute approximate surface area is 113 Å². The van der Waals surface area contributed by atoms with Crippen LogP contribution in [0.5, 0.6) is 0 Å². The Hall–Kier alpha value is -0.920. The van der Waals surface area contributed by atoms with Crippen molar-refractivity contribution in [2.45, 2.75) is 43.4 Å².